The molecule has 1 saturated carbocycles. The average Bonchev–Trinajstić information content (AvgIpc) is 3.56. The summed E-state index contributed by atoms with van der Waals surface area (Å²) in [4.78, 5) is 20.7. The SMILES string of the molecule is O=C(c1cc2nc(C3CC3)cc(C(F)(F)F)n2n1)N1CCN(Cc2cccc(C(F)(F)F)c2)CC1. The van der Waals surface area contributed by atoms with Crippen molar-refractivity contribution >= 4 is 11.6 Å². The Hall–Kier alpha value is -3.15. The number of carbonyl (C=O) groups excluding carboxylic acids is 1. The molecule has 0 N–H and O–H groups in total. The smallest absolute Gasteiger partial charge is 0.335 e. The maximum atomic E-state index is 13.6. The van der Waals surface area contributed by atoms with Crippen LogP contribution in [0.1, 0.15) is 51.8 Å². The summed E-state index contributed by atoms with van der Waals surface area (Å²) in [7, 11) is 0. The quantitative estimate of drug-likeness (QED) is 0.495. The van der Waals surface area contributed by atoms with E-state index < -0.39 is 29.5 Å². The molecule has 0 spiro atoms. The van der Waals surface area contributed by atoms with Crippen molar-refractivity contribution in [2.45, 2.75) is 37.7 Å². The van der Waals surface area contributed by atoms with Gasteiger partial charge in [-0.05, 0) is 30.5 Å². The van der Waals surface area contributed by atoms with E-state index in [2.05, 4.69) is 10.1 Å². The first-order valence-corrected chi connectivity index (χ1v) is 11.1. The van der Waals surface area contributed by atoms with Crippen LogP contribution >= 0.6 is 0 Å². The van der Waals surface area contributed by atoms with Crippen LogP contribution in [0.3, 0.4) is 0 Å². The molecule has 186 valence electrons. The van der Waals surface area contributed by atoms with Gasteiger partial charge in [0.15, 0.2) is 11.3 Å². The number of piperazine rings is 1. The largest absolute Gasteiger partial charge is 0.433 e. The summed E-state index contributed by atoms with van der Waals surface area (Å²) in [6.45, 7) is 1.67. The highest BCUT2D eigenvalue weighted by Gasteiger charge is 2.38. The molecule has 0 atom stereocenters. The zero-order valence-corrected chi connectivity index (χ0v) is 18.4. The van der Waals surface area contributed by atoms with Crippen molar-refractivity contribution in [1.82, 2.24) is 24.4 Å². The number of hydrogen-bond donors (Lipinski definition) is 0. The molecule has 1 saturated heterocycles. The topological polar surface area (TPSA) is 53.7 Å². The van der Waals surface area contributed by atoms with Crippen molar-refractivity contribution in [2.24, 2.45) is 0 Å². The third kappa shape index (κ3) is 4.97. The zero-order chi connectivity index (χ0) is 25.0. The van der Waals surface area contributed by atoms with Crippen LogP contribution in [0.15, 0.2) is 36.4 Å². The molecule has 12 heteroatoms. The number of rotatable bonds is 4. The van der Waals surface area contributed by atoms with E-state index >= 15 is 0 Å². The molecule has 1 aliphatic carbocycles. The Kier molecular flexibility index (Phi) is 5.73. The number of benzene rings is 1. The summed E-state index contributed by atoms with van der Waals surface area (Å²) in [6, 6.07) is 7.37. The molecular weight excluding hydrogens is 476 g/mol. The number of amides is 1. The highest BCUT2D eigenvalue weighted by Crippen LogP contribution is 2.41. The van der Waals surface area contributed by atoms with E-state index in [1.54, 1.807) is 6.07 Å². The van der Waals surface area contributed by atoms with Gasteiger partial charge >= 0.3 is 12.4 Å². The molecule has 3 aromatic rings. The van der Waals surface area contributed by atoms with Crippen LogP contribution < -0.4 is 0 Å². The molecule has 35 heavy (non-hydrogen) atoms. The summed E-state index contributed by atoms with van der Waals surface area (Å²) in [6.07, 6.45) is -7.50. The van der Waals surface area contributed by atoms with Gasteiger partial charge in [0.25, 0.3) is 5.91 Å². The number of nitrogens with zero attached hydrogens (tertiary/aromatic N) is 5. The lowest BCUT2D eigenvalue weighted by Crippen LogP contribution is -2.48. The van der Waals surface area contributed by atoms with Crippen molar-refractivity contribution < 1.29 is 31.1 Å². The summed E-state index contributed by atoms with van der Waals surface area (Å²) in [5, 5.41) is 3.92. The van der Waals surface area contributed by atoms with Gasteiger partial charge in [0.2, 0.25) is 0 Å². The summed E-state index contributed by atoms with van der Waals surface area (Å²) < 4.78 is 80.3. The summed E-state index contributed by atoms with van der Waals surface area (Å²) >= 11 is 0. The van der Waals surface area contributed by atoms with E-state index in [0.717, 1.165) is 31.0 Å². The molecule has 6 nitrogen and oxygen atoms in total. The molecule has 1 aromatic carbocycles. The first kappa shape index (κ1) is 23.6. The van der Waals surface area contributed by atoms with Crippen LogP contribution in [-0.2, 0) is 18.9 Å². The normalized spacial score (nSPS) is 17.8. The highest BCUT2D eigenvalue weighted by molar-refractivity contribution is 5.93. The third-order valence-corrected chi connectivity index (χ3v) is 6.27. The number of alkyl halides is 6. The van der Waals surface area contributed by atoms with E-state index in [0.29, 0.717) is 35.4 Å². The minimum atomic E-state index is -4.65. The van der Waals surface area contributed by atoms with Gasteiger partial charge in [0.05, 0.1) is 5.56 Å². The van der Waals surface area contributed by atoms with E-state index in [-0.39, 0.29) is 30.3 Å². The maximum Gasteiger partial charge on any atom is 0.433 e. The summed E-state index contributed by atoms with van der Waals surface area (Å²) in [5.74, 6) is -0.504. The Morgan fingerprint density at radius 3 is 2.29 bits per heavy atom. The van der Waals surface area contributed by atoms with Gasteiger partial charge in [-0.25, -0.2) is 9.50 Å². The molecule has 0 radical (unpaired) electrons. The van der Waals surface area contributed by atoms with Crippen LogP contribution in [0, 0.1) is 0 Å². The van der Waals surface area contributed by atoms with Gasteiger partial charge in [0, 0.05) is 50.4 Å². The second-order valence-corrected chi connectivity index (χ2v) is 8.90. The molecule has 1 amide bonds. The van der Waals surface area contributed by atoms with Crippen LogP contribution in [0.5, 0.6) is 0 Å². The lowest BCUT2D eigenvalue weighted by Gasteiger charge is -2.34. The molecule has 2 fully saturated rings. The Morgan fingerprint density at radius 2 is 1.66 bits per heavy atom. The fourth-order valence-electron chi connectivity index (χ4n) is 4.26. The van der Waals surface area contributed by atoms with Crippen LogP contribution in [0.2, 0.25) is 0 Å². The molecule has 1 aliphatic heterocycles. The van der Waals surface area contributed by atoms with Crippen molar-refractivity contribution in [3.05, 3.63) is 64.6 Å². The predicted molar refractivity (Wildman–Crippen MR) is 113 cm³/mol. The molecule has 5 rings (SSSR count). The van der Waals surface area contributed by atoms with Gasteiger partial charge in [-0.1, -0.05) is 18.2 Å². The number of carbonyl (C=O) groups is 1. The highest BCUT2D eigenvalue weighted by atomic mass is 19.4. The molecule has 2 aliphatic rings. The Bertz CT molecular complexity index is 1260. The van der Waals surface area contributed by atoms with Gasteiger partial charge < -0.3 is 4.90 Å². The van der Waals surface area contributed by atoms with Gasteiger partial charge in [-0.2, -0.15) is 31.4 Å². The minimum absolute atomic E-state index is 0.0000506. The van der Waals surface area contributed by atoms with Crippen LogP contribution in [0.4, 0.5) is 26.3 Å². The zero-order valence-electron chi connectivity index (χ0n) is 18.4. The average molecular weight is 497 g/mol. The fourth-order valence-corrected chi connectivity index (χ4v) is 4.26. The number of hydrogen-bond acceptors (Lipinski definition) is 4. The van der Waals surface area contributed by atoms with E-state index in [4.69, 9.17) is 0 Å². The fraction of sp³-hybridized carbons (Fsp3) is 0.435. The first-order chi connectivity index (χ1) is 16.5. The monoisotopic (exact) mass is 497 g/mol. The van der Waals surface area contributed by atoms with Gasteiger partial charge in [-0.3, -0.25) is 9.69 Å². The summed E-state index contributed by atoms with van der Waals surface area (Å²) in [5.41, 5.74) is -0.957. The molecule has 3 heterocycles. The van der Waals surface area contributed by atoms with Crippen LogP contribution in [0.25, 0.3) is 5.65 Å². The van der Waals surface area contributed by atoms with E-state index in [1.807, 2.05) is 4.90 Å². The third-order valence-electron chi connectivity index (χ3n) is 6.27. The molecular formula is C23H21F6N5O. The lowest BCUT2D eigenvalue weighted by molar-refractivity contribution is -0.142. The minimum Gasteiger partial charge on any atom is -0.335 e. The maximum absolute atomic E-state index is 13.6. The van der Waals surface area contributed by atoms with Crippen molar-refractivity contribution in [3.63, 3.8) is 0 Å². The van der Waals surface area contributed by atoms with Gasteiger partial charge in [-0.15, -0.1) is 0 Å². The number of halogens is 6. The van der Waals surface area contributed by atoms with E-state index in [9.17, 15) is 31.1 Å². The Balaban J connectivity index is 1.28. The van der Waals surface area contributed by atoms with Gasteiger partial charge in [0.1, 0.15) is 5.69 Å². The Labute approximate surface area is 196 Å². The number of fused-ring (bicyclic) bond motifs is 1. The molecule has 0 bridgehead atoms. The standard InChI is InChI=1S/C23H21F6N5O/c24-22(25,26)16-3-1-2-14(10-16)13-32-6-8-33(9-7-32)21(35)18-12-20-30-17(15-4-5-15)11-19(23(27,28)29)34(20)31-18/h1-3,10-12,15H,4-9,13H2. The van der Waals surface area contributed by atoms with Crippen molar-refractivity contribution in [3.8, 4) is 0 Å². The van der Waals surface area contributed by atoms with Crippen molar-refractivity contribution in [1.29, 1.82) is 0 Å². The lowest BCUT2D eigenvalue weighted by atomic mass is 10.1. The molecule has 2 aromatic heterocycles. The molecule has 0 unspecified atom stereocenters. The predicted octanol–water partition coefficient (Wildman–Crippen LogP) is 4.60. The second-order valence-electron chi connectivity index (χ2n) is 8.90. The Morgan fingerprint density at radius 1 is 0.943 bits per heavy atom. The van der Waals surface area contributed by atoms with Crippen molar-refractivity contribution in [2.75, 3.05) is 26.2 Å². The second kappa shape index (κ2) is 8.51. The van der Waals surface area contributed by atoms with E-state index in [1.165, 1.54) is 17.0 Å². The number of aromatic nitrogens is 3. The van der Waals surface area contributed by atoms with Crippen LogP contribution in [-0.4, -0.2) is 56.5 Å². The first-order valence-electron chi connectivity index (χ1n) is 11.1.